The van der Waals surface area contributed by atoms with E-state index in [9.17, 15) is 0 Å². The second-order valence-electron chi connectivity index (χ2n) is 5.23. The summed E-state index contributed by atoms with van der Waals surface area (Å²) in [6.45, 7) is 0. The van der Waals surface area contributed by atoms with Crippen molar-refractivity contribution in [1.82, 2.24) is 0 Å². The fourth-order valence-corrected chi connectivity index (χ4v) is 5.15. The first-order valence-corrected chi connectivity index (χ1v) is 22.0. The van der Waals surface area contributed by atoms with Crippen molar-refractivity contribution in [1.29, 1.82) is 0 Å². The quantitative estimate of drug-likeness (QED) is 0.591. The van der Waals surface area contributed by atoms with E-state index in [1.165, 1.54) is 0 Å². The van der Waals surface area contributed by atoms with Crippen LogP contribution in [0, 0.1) is 0 Å². The molecule has 2 rings (SSSR count). The van der Waals surface area contributed by atoms with Gasteiger partial charge in [-0.1, -0.05) is 0 Å². The Hall–Kier alpha value is 0.0686. The van der Waals surface area contributed by atoms with Crippen molar-refractivity contribution >= 4 is 52.9 Å². The third kappa shape index (κ3) is 11.3. The second-order valence-corrected chi connectivity index (χ2v) is 18.1. The molecule has 0 N–H and O–H groups in total. The van der Waals surface area contributed by atoms with Crippen LogP contribution < -0.4 is 8.79 Å². The van der Waals surface area contributed by atoms with Crippen molar-refractivity contribution in [2.24, 2.45) is 0 Å². The Morgan fingerprint density at radius 2 is 0.810 bits per heavy atom. The third-order valence-electron chi connectivity index (χ3n) is 2.70. The zero-order valence-electron chi connectivity index (χ0n) is 14.3. The zero-order chi connectivity index (χ0) is 16.1. The summed E-state index contributed by atoms with van der Waals surface area (Å²) in [5.74, 6) is 14.0. The predicted octanol–water partition coefficient (Wildman–Crippen LogP) is 4.08. The molecule has 21 heavy (non-hydrogen) atoms. The summed E-state index contributed by atoms with van der Waals surface area (Å²) in [7, 11) is 0. The minimum absolute atomic E-state index is 0.500. The van der Waals surface area contributed by atoms with E-state index in [4.69, 9.17) is 0 Å². The van der Waals surface area contributed by atoms with Crippen molar-refractivity contribution < 1.29 is 0 Å². The van der Waals surface area contributed by atoms with E-state index < -0.39 is 28.7 Å². The summed E-state index contributed by atoms with van der Waals surface area (Å²) in [6, 6.07) is 21.6. The van der Waals surface area contributed by atoms with E-state index in [0.29, 0.717) is 15.4 Å². The van der Waals surface area contributed by atoms with Crippen LogP contribution in [0.4, 0.5) is 0 Å². The number of rotatable bonds is 2. The van der Waals surface area contributed by atoms with Gasteiger partial charge >= 0.3 is 148 Å². The SMILES string of the molecule is [CH3][Ge]([CH3])[c]1ccccc1.[CH3][Ge]([CH3])[c]1ccccc1.[CH3][Ge][CH3]. The molecule has 0 aliphatic heterocycles. The van der Waals surface area contributed by atoms with Crippen LogP contribution in [-0.4, -0.2) is 44.1 Å². The third-order valence-corrected chi connectivity index (χ3v) is 8.95. The fraction of sp³-hybridized carbons (Fsp3) is 0.333. The molecule has 0 saturated carbocycles. The van der Waals surface area contributed by atoms with Gasteiger partial charge in [-0.3, -0.25) is 0 Å². The summed E-state index contributed by atoms with van der Waals surface area (Å²) < 4.78 is 3.16. The standard InChI is InChI=1S/2C8H11Ge.C2H6Ge/c2*1-9(2)8-6-4-3-5-7-8;1-3-2/h2*3-7H,1-2H3;1-2H3. The Kier molecular flexibility index (Phi) is 13.8. The Morgan fingerprint density at radius 1 is 0.571 bits per heavy atom. The first kappa shape index (κ1) is 21.1. The fourth-order valence-electron chi connectivity index (χ4n) is 1.54. The Bertz CT molecular complexity index is 395. The van der Waals surface area contributed by atoms with E-state index >= 15 is 0 Å². The van der Waals surface area contributed by atoms with Crippen LogP contribution in [0.25, 0.3) is 0 Å². The molecule has 0 amide bonds. The van der Waals surface area contributed by atoms with E-state index in [2.05, 4.69) is 95.2 Å². The molecule has 0 saturated heterocycles. The molecule has 3 heteroatoms. The molecular formula is C18H28Ge3. The van der Waals surface area contributed by atoms with Gasteiger partial charge in [-0.15, -0.1) is 0 Å². The number of hydrogen-bond acceptors (Lipinski definition) is 0. The molecule has 0 spiro atoms. The van der Waals surface area contributed by atoms with Crippen molar-refractivity contribution in [2.75, 3.05) is 0 Å². The number of hydrogen-bond donors (Lipinski definition) is 0. The molecule has 0 aliphatic carbocycles. The molecule has 0 heterocycles. The molecule has 0 unspecified atom stereocenters. The Labute approximate surface area is 147 Å². The zero-order valence-corrected chi connectivity index (χ0v) is 20.6. The summed E-state index contributed by atoms with van der Waals surface area (Å²) in [4.78, 5) is 0. The normalized spacial score (nSPS) is 9.52. The van der Waals surface area contributed by atoms with Gasteiger partial charge in [0.1, 0.15) is 0 Å². The monoisotopic (exact) mass is 466 g/mol. The predicted molar refractivity (Wildman–Crippen MR) is 105 cm³/mol. The summed E-state index contributed by atoms with van der Waals surface area (Å²) in [5, 5.41) is 0. The van der Waals surface area contributed by atoms with Gasteiger partial charge < -0.3 is 0 Å². The molecule has 0 atom stereocenters. The van der Waals surface area contributed by atoms with Gasteiger partial charge in [0.2, 0.25) is 0 Å². The molecule has 0 aromatic heterocycles. The van der Waals surface area contributed by atoms with Crippen molar-refractivity contribution in [2.45, 2.75) is 34.5 Å². The van der Waals surface area contributed by atoms with Crippen LogP contribution in [0.15, 0.2) is 60.7 Å². The van der Waals surface area contributed by atoms with Crippen LogP contribution in [0.3, 0.4) is 0 Å². The average molecular weight is 462 g/mol. The number of benzene rings is 2. The molecule has 112 valence electrons. The van der Waals surface area contributed by atoms with Gasteiger partial charge in [0.15, 0.2) is 0 Å². The molecule has 0 nitrogen and oxygen atoms in total. The van der Waals surface area contributed by atoms with E-state index in [1.807, 2.05) is 0 Å². The maximum absolute atomic E-state index is 2.37. The Morgan fingerprint density at radius 3 is 0.952 bits per heavy atom. The van der Waals surface area contributed by atoms with Crippen LogP contribution in [0.1, 0.15) is 0 Å². The maximum atomic E-state index is 2.37. The van der Waals surface area contributed by atoms with Crippen molar-refractivity contribution in [3.63, 3.8) is 0 Å². The van der Waals surface area contributed by atoms with Gasteiger partial charge in [-0.05, 0) is 0 Å². The molecule has 2 aromatic rings. The van der Waals surface area contributed by atoms with Crippen LogP contribution in [0.2, 0.25) is 34.5 Å². The van der Waals surface area contributed by atoms with Gasteiger partial charge in [0.05, 0.1) is 0 Å². The molecule has 4 radical (unpaired) electrons. The van der Waals surface area contributed by atoms with Crippen molar-refractivity contribution in [3.05, 3.63) is 60.7 Å². The van der Waals surface area contributed by atoms with Crippen LogP contribution in [-0.2, 0) is 0 Å². The average Bonchev–Trinajstić information content (AvgIpc) is 2.50. The molecule has 0 fully saturated rings. The minimum atomic E-state index is -0.766. The summed E-state index contributed by atoms with van der Waals surface area (Å²) >= 11 is -1.03. The molecule has 0 bridgehead atoms. The van der Waals surface area contributed by atoms with Crippen LogP contribution in [0.5, 0.6) is 0 Å². The van der Waals surface area contributed by atoms with Gasteiger partial charge in [0.25, 0.3) is 0 Å². The summed E-state index contributed by atoms with van der Waals surface area (Å²) in [6.07, 6.45) is 0. The first-order chi connectivity index (χ1) is 10.0. The van der Waals surface area contributed by atoms with E-state index in [0.717, 1.165) is 0 Å². The Balaban J connectivity index is 0.000000322. The van der Waals surface area contributed by atoms with Gasteiger partial charge in [-0.25, -0.2) is 0 Å². The molecule has 2 aromatic carbocycles. The summed E-state index contributed by atoms with van der Waals surface area (Å²) in [5.41, 5.74) is 0. The van der Waals surface area contributed by atoms with E-state index in [1.54, 1.807) is 8.79 Å². The topological polar surface area (TPSA) is 0 Å². The molecule has 0 aliphatic rings. The van der Waals surface area contributed by atoms with Crippen LogP contribution >= 0.6 is 0 Å². The van der Waals surface area contributed by atoms with Gasteiger partial charge in [0, 0.05) is 0 Å². The van der Waals surface area contributed by atoms with Gasteiger partial charge in [-0.2, -0.15) is 0 Å². The van der Waals surface area contributed by atoms with Crippen molar-refractivity contribution in [3.8, 4) is 0 Å². The first-order valence-electron chi connectivity index (χ1n) is 7.32. The van der Waals surface area contributed by atoms with E-state index in [-0.39, 0.29) is 0 Å². The second kappa shape index (κ2) is 13.7. The molecular weight excluding hydrogens is 434 g/mol.